The third-order valence-corrected chi connectivity index (χ3v) is 2.87. The number of aromatic nitrogens is 2. The van der Waals surface area contributed by atoms with Crippen LogP contribution in [0.4, 0.5) is 5.82 Å². The third-order valence-electron chi connectivity index (χ3n) is 2.87. The van der Waals surface area contributed by atoms with Crippen LogP contribution in [0.2, 0.25) is 0 Å². The molecule has 1 N–H and O–H groups in total. The summed E-state index contributed by atoms with van der Waals surface area (Å²) in [4.78, 5) is 18.6. The fraction of sp³-hybridized carbons (Fsp3) is 0.714. The molecule has 0 fully saturated rings. The smallest absolute Gasteiger partial charge is 0.358 e. The lowest BCUT2D eigenvalue weighted by molar-refractivity contribution is 0.0492. The summed E-state index contributed by atoms with van der Waals surface area (Å²) in [6, 6.07) is 0. The SMILES string of the molecule is CCCCCCCCOC(=O)c1[nH]cnc1/N=N\N(C)C. The average Bonchev–Trinajstić information content (AvgIpc) is 2.92. The van der Waals surface area contributed by atoms with Gasteiger partial charge in [0.05, 0.1) is 12.9 Å². The molecule has 0 radical (unpaired) electrons. The van der Waals surface area contributed by atoms with E-state index in [1.807, 2.05) is 0 Å². The number of hydrogen-bond acceptors (Lipinski definition) is 5. The molecule has 0 aliphatic carbocycles. The van der Waals surface area contributed by atoms with Crippen molar-refractivity contribution in [3.63, 3.8) is 0 Å². The minimum atomic E-state index is -0.436. The number of rotatable bonds is 10. The second-order valence-electron chi connectivity index (χ2n) is 5.04. The van der Waals surface area contributed by atoms with E-state index in [9.17, 15) is 4.79 Å². The number of ether oxygens (including phenoxy) is 1. The first-order chi connectivity index (χ1) is 10.1. The fourth-order valence-electron chi connectivity index (χ4n) is 1.76. The quantitative estimate of drug-likeness (QED) is 0.310. The molecule has 0 amide bonds. The lowest BCUT2D eigenvalue weighted by atomic mass is 10.1. The zero-order valence-electron chi connectivity index (χ0n) is 13.1. The number of hydrogen-bond donors (Lipinski definition) is 1. The summed E-state index contributed by atoms with van der Waals surface area (Å²) in [6.45, 7) is 2.62. The molecule has 0 saturated heterocycles. The number of nitrogens with zero attached hydrogens (tertiary/aromatic N) is 4. The van der Waals surface area contributed by atoms with E-state index < -0.39 is 5.97 Å². The van der Waals surface area contributed by atoms with Crippen molar-refractivity contribution < 1.29 is 9.53 Å². The molecule has 0 atom stereocenters. The van der Waals surface area contributed by atoms with Crippen LogP contribution in [-0.4, -0.2) is 41.6 Å². The molecule has 0 spiro atoms. The Bertz CT molecular complexity index is 442. The minimum Gasteiger partial charge on any atom is -0.461 e. The van der Waals surface area contributed by atoms with E-state index >= 15 is 0 Å². The summed E-state index contributed by atoms with van der Waals surface area (Å²) >= 11 is 0. The van der Waals surface area contributed by atoms with Crippen LogP contribution in [0, 0.1) is 0 Å². The molecular formula is C14H25N5O2. The van der Waals surface area contributed by atoms with Crippen molar-refractivity contribution in [1.29, 1.82) is 0 Å². The van der Waals surface area contributed by atoms with Gasteiger partial charge in [-0.1, -0.05) is 44.3 Å². The first-order valence-corrected chi connectivity index (χ1v) is 7.44. The van der Waals surface area contributed by atoms with Crippen molar-refractivity contribution in [3.8, 4) is 0 Å². The molecule has 0 unspecified atom stereocenters. The van der Waals surface area contributed by atoms with Gasteiger partial charge in [-0.05, 0) is 6.42 Å². The third kappa shape index (κ3) is 6.87. The maximum absolute atomic E-state index is 11.9. The first-order valence-electron chi connectivity index (χ1n) is 7.44. The Kier molecular flexibility index (Phi) is 8.08. The topological polar surface area (TPSA) is 82.9 Å². The maximum Gasteiger partial charge on any atom is 0.358 e. The van der Waals surface area contributed by atoms with Crippen molar-refractivity contribution in [1.82, 2.24) is 15.0 Å². The van der Waals surface area contributed by atoms with Gasteiger partial charge >= 0.3 is 5.97 Å². The Morgan fingerprint density at radius 1 is 1.29 bits per heavy atom. The van der Waals surface area contributed by atoms with E-state index in [0.717, 1.165) is 12.8 Å². The molecule has 7 nitrogen and oxygen atoms in total. The van der Waals surface area contributed by atoms with Crippen LogP contribution >= 0.6 is 0 Å². The van der Waals surface area contributed by atoms with E-state index in [0.29, 0.717) is 6.61 Å². The van der Waals surface area contributed by atoms with Crippen LogP contribution in [0.3, 0.4) is 0 Å². The number of aromatic amines is 1. The molecule has 1 aromatic heterocycles. The number of nitrogens with one attached hydrogen (secondary N) is 1. The molecule has 0 aliphatic heterocycles. The molecule has 1 heterocycles. The van der Waals surface area contributed by atoms with Gasteiger partial charge in [-0.3, -0.25) is 5.01 Å². The molecule has 0 bridgehead atoms. The van der Waals surface area contributed by atoms with Gasteiger partial charge in [0.2, 0.25) is 5.82 Å². The number of esters is 1. The molecule has 7 heteroatoms. The second kappa shape index (κ2) is 9.90. The van der Waals surface area contributed by atoms with E-state index in [2.05, 4.69) is 27.2 Å². The number of H-pyrrole nitrogens is 1. The van der Waals surface area contributed by atoms with Crippen LogP contribution in [0.5, 0.6) is 0 Å². The highest BCUT2D eigenvalue weighted by molar-refractivity contribution is 5.91. The number of imidazole rings is 1. The van der Waals surface area contributed by atoms with Crippen LogP contribution in [0.1, 0.15) is 55.9 Å². The average molecular weight is 295 g/mol. The maximum atomic E-state index is 11.9. The fourth-order valence-corrected chi connectivity index (χ4v) is 1.76. The number of carbonyl (C=O) groups is 1. The molecule has 1 rings (SSSR count). The van der Waals surface area contributed by atoms with E-state index in [4.69, 9.17) is 4.74 Å². The lowest BCUT2D eigenvalue weighted by Gasteiger charge is -2.04. The van der Waals surface area contributed by atoms with Crippen molar-refractivity contribution in [2.45, 2.75) is 45.4 Å². The largest absolute Gasteiger partial charge is 0.461 e. The summed E-state index contributed by atoms with van der Waals surface area (Å²) in [5, 5.41) is 9.22. The Morgan fingerprint density at radius 2 is 2.00 bits per heavy atom. The summed E-state index contributed by atoms with van der Waals surface area (Å²) in [5.41, 5.74) is 0.242. The van der Waals surface area contributed by atoms with Gasteiger partial charge < -0.3 is 9.72 Å². The highest BCUT2D eigenvalue weighted by Crippen LogP contribution is 2.15. The Morgan fingerprint density at radius 3 is 2.71 bits per heavy atom. The monoisotopic (exact) mass is 295 g/mol. The van der Waals surface area contributed by atoms with Gasteiger partial charge in [0.25, 0.3) is 0 Å². The van der Waals surface area contributed by atoms with Crippen molar-refractivity contribution in [3.05, 3.63) is 12.0 Å². The van der Waals surface area contributed by atoms with Crippen LogP contribution in [-0.2, 0) is 4.74 Å². The highest BCUT2D eigenvalue weighted by atomic mass is 16.5. The predicted molar refractivity (Wildman–Crippen MR) is 80.4 cm³/mol. The first kappa shape index (κ1) is 17.1. The Balaban J connectivity index is 2.31. The summed E-state index contributed by atoms with van der Waals surface area (Å²) in [6.07, 6.45) is 8.33. The van der Waals surface area contributed by atoms with E-state index in [-0.39, 0.29) is 11.5 Å². The molecule has 0 saturated carbocycles. The van der Waals surface area contributed by atoms with Gasteiger partial charge in [-0.25, -0.2) is 9.78 Å². The van der Waals surface area contributed by atoms with Gasteiger partial charge in [0, 0.05) is 14.1 Å². The van der Waals surface area contributed by atoms with Crippen LogP contribution < -0.4 is 0 Å². The minimum absolute atomic E-state index is 0.242. The Hall–Kier alpha value is -1.92. The van der Waals surface area contributed by atoms with Gasteiger partial charge in [-0.15, -0.1) is 5.11 Å². The van der Waals surface area contributed by atoms with Crippen molar-refractivity contribution in [2.24, 2.45) is 10.3 Å². The van der Waals surface area contributed by atoms with E-state index in [1.54, 1.807) is 14.1 Å². The zero-order chi connectivity index (χ0) is 15.5. The van der Waals surface area contributed by atoms with Crippen LogP contribution in [0.15, 0.2) is 16.7 Å². The molecule has 1 aromatic rings. The predicted octanol–water partition coefficient (Wildman–Crippen LogP) is 3.49. The van der Waals surface area contributed by atoms with Crippen molar-refractivity contribution in [2.75, 3.05) is 20.7 Å². The molecule has 21 heavy (non-hydrogen) atoms. The standard InChI is InChI=1S/C14H25N5O2/c1-4-5-6-7-8-9-10-21-14(20)12-13(16-11-15-12)17-18-19(2)3/h11H,4-10H2,1-3H3,(H,15,16)/b18-17-. The zero-order valence-corrected chi connectivity index (χ0v) is 13.1. The molecule has 0 aromatic carbocycles. The Labute approximate surface area is 125 Å². The normalized spacial score (nSPS) is 11.0. The second-order valence-corrected chi connectivity index (χ2v) is 5.04. The van der Waals surface area contributed by atoms with Crippen LogP contribution in [0.25, 0.3) is 0 Å². The van der Waals surface area contributed by atoms with Gasteiger partial charge in [0.1, 0.15) is 0 Å². The highest BCUT2D eigenvalue weighted by Gasteiger charge is 2.15. The van der Waals surface area contributed by atoms with Gasteiger partial charge in [-0.2, -0.15) is 0 Å². The summed E-state index contributed by atoms with van der Waals surface area (Å²) in [5.74, 6) is -0.189. The molecule has 118 valence electrons. The van der Waals surface area contributed by atoms with E-state index in [1.165, 1.54) is 37.0 Å². The molecule has 0 aliphatic rings. The lowest BCUT2D eigenvalue weighted by Crippen LogP contribution is -2.07. The summed E-state index contributed by atoms with van der Waals surface area (Å²) in [7, 11) is 3.49. The summed E-state index contributed by atoms with van der Waals surface area (Å²) < 4.78 is 5.21. The number of unbranched alkanes of at least 4 members (excludes halogenated alkanes) is 5. The number of carbonyl (C=O) groups excluding carboxylic acids is 1. The van der Waals surface area contributed by atoms with Crippen molar-refractivity contribution >= 4 is 11.8 Å². The molecular weight excluding hydrogens is 270 g/mol. The van der Waals surface area contributed by atoms with Gasteiger partial charge in [0.15, 0.2) is 5.69 Å².